The summed E-state index contributed by atoms with van der Waals surface area (Å²) in [5.41, 5.74) is 1.98. The van der Waals surface area contributed by atoms with E-state index in [1.165, 1.54) is 0 Å². The van der Waals surface area contributed by atoms with Crippen LogP contribution in [0.25, 0.3) is 21.9 Å². The SMILES string of the molecule is COc1ccc2c(=O)c3cc(CNC[C@@H](C)O)ccc3oc2c1. The van der Waals surface area contributed by atoms with Crippen LogP contribution in [0.2, 0.25) is 0 Å². The van der Waals surface area contributed by atoms with Crippen molar-refractivity contribution < 1.29 is 14.3 Å². The van der Waals surface area contributed by atoms with Crippen LogP contribution in [0.1, 0.15) is 12.5 Å². The molecule has 2 aromatic carbocycles. The van der Waals surface area contributed by atoms with Gasteiger partial charge in [-0.15, -0.1) is 0 Å². The van der Waals surface area contributed by atoms with E-state index in [2.05, 4.69) is 5.32 Å². The van der Waals surface area contributed by atoms with Gasteiger partial charge in [-0.2, -0.15) is 0 Å². The Morgan fingerprint density at radius 1 is 1.17 bits per heavy atom. The molecule has 120 valence electrons. The maximum Gasteiger partial charge on any atom is 0.200 e. The molecule has 0 saturated carbocycles. The van der Waals surface area contributed by atoms with Gasteiger partial charge in [0.15, 0.2) is 0 Å². The van der Waals surface area contributed by atoms with Crippen LogP contribution >= 0.6 is 0 Å². The van der Waals surface area contributed by atoms with E-state index in [-0.39, 0.29) is 5.43 Å². The lowest BCUT2D eigenvalue weighted by Gasteiger charge is -2.08. The lowest BCUT2D eigenvalue weighted by molar-refractivity contribution is 0.191. The average Bonchev–Trinajstić information content (AvgIpc) is 2.54. The highest BCUT2D eigenvalue weighted by Gasteiger charge is 2.09. The molecule has 1 heterocycles. The topological polar surface area (TPSA) is 71.7 Å². The van der Waals surface area contributed by atoms with Crippen molar-refractivity contribution in [2.75, 3.05) is 13.7 Å². The fourth-order valence-corrected chi connectivity index (χ4v) is 2.54. The molecule has 0 spiro atoms. The quantitative estimate of drug-likeness (QED) is 0.708. The number of ether oxygens (including phenoxy) is 1. The molecule has 0 aliphatic rings. The van der Waals surface area contributed by atoms with Gasteiger partial charge in [-0.3, -0.25) is 4.79 Å². The third kappa shape index (κ3) is 3.21. The molecule has 5 nitrogen and oxygen atoms in total. The number of methoxy groups -OCH3 is 1. The van der Waals surface area contributed by atoms with E-state index >= 15 is 0 Å². The number of aliphatic hydroxyl groups excluding tert-OH is 1. The molecule has 2 N–H and O–H groups in total. The number of nitrogens with one attached hydrogen (secondary N) is 1. The first kappa shape index (κ1) is 15.5. The summed E-state index contributed by atoms with van der Waals surface area (Å²) >= 11 is 0. The molecule has 0 aliphatic carbocycles. The van der Waals surface area contributed by atoms with E-state index in [1.54, 1.807) is 38.3 Å². The molecule has 0 radical (unpaired) electrons. The number of hydrogen-bond acceptors (Lipinski definition) is 5. The smallest absolute Gasteiger partial charge is 0.200 e. The van der Waals surface area contributed by atoms with Crippen LogP contribution in [0.4, 0.5) is 0 Å². The lowest BCUT2D eigenvalue weighted by atomic mass is 10.1. The number of hydrogen-bond donors (Lipinski definition) is 2. The second-order valence-electron chi connectivity index (χ2n) is 5.60. The lowest BCUT2D eigenvalue weighted by Crippen LogP contribution is -2.23. The molecule has 23 heavy (non-hydrogen) atoms. The highest BCUT2D eigenvalue weighted by atomic mass is 16.5. The molecular weight excluding hydrogens is 294 g/mol. The molecule has 0 saturated heterocycles. The van der Waals surface area contributed by atoms with Crippen molar-refractivity contribution in [3.8, 4) is 5.75 Å². The van der Waals surface area contributed by atoms with Gasteiger partial charge in [-0.1, -0.05) is 6.07 Å². The normalized spacial score (nSPS) is 12.7. The summed E-state index contributed by atoms with van der Waals surface area (Å²) in [5.74, 6) is 0.652. The fraction of sp³-hybridized carbons (Fsp3) is 0.278. The summed E-state index contributed by atoms with van der Waals surface area (Å²) in [6.07, 6.45) is -0.403. The summed E-state index contributed by atoms with van der Waals surface area (Å²) in [6.45, 7) is 2.81. The molecule has 5 heteroatoms. The second-order valence-corrected chi connectivity index (χ2v) is 5.60. The van der Waals surface area contributed by atoms with Crippen LogP contribution in [-0.2, 0) is 6.54 Å². The molecule has 1 aromatic heterocycles. The summed E-state index contributed by atoms with van der Waals surface area (Å²) < 4.78 is 11.0. The van der Waals surface area contributed by atoms with Gasteiger partial charge in [0.2, 0.25) is 5.43 Å². The van der Waals surface area contributed by atoms with Gasteiger partial charge in [0.25, 0.3) is 0 Å². The van der Waals surface area contributed by atoms with E-state index < -0.39 is 6.10 Å². The van der Waals surface area contributed by atoms with Crippen molar-refractivity contribution in [1.82, 2.24) is 5.32 Å². The van der Waals surface area contributed by atoms with E-state index in [4.69, 9.17) is 9.15 Å². The second kappa shape index (κ2) is 6.40. The Morgan fingerprint density at radius 3 is 2.74 bits per heavy atom. The average molecular weight is 313 g/mol. The van der Waals surface area contributed by atoms with Crippen molar-refractivity contribution in [2.45, 2.75) is 19.6 Å². The Hall–Kier alpha value is -2.37. The maximum atomic E-state index is 12.7. The minimum atomic E-state index is -0.403. The molecule has 3 rings (SSSR count). The van der Waals surface area contributed by atoms with Crippen LogP contribution in [0.3, 0.4) is 0 Å². The van der Waals surface area contributed by atoms with Gasteiger partial charge in [0.1, 0.15) is 16.9 Å². The van der Waals surface area contributed by atoms with Gasteiger partial charge in [-0.05, 0) is 36.8 Å². The Morgan fingerprint density at radius 2 is 2.00 bits per heavy atom. The molecule has 0 fully saturated rings. The Bertz CT molecular complexity index is 899. The maximum absolute atomic E-state index is 12.7. The van der Waals surface area contributed by atoms with Gasteiger partial charge in [0.05, 0.1) is 24.0 Å². The van der Waals surface area contributed by atoms with Gasteiger partial charge >= 0.3 is 0 Å². The first-order valence-electron chi connectivity index (χ1n) is 7.51. The van der Waals surface area contributed by atoms with E-state index in [0.29, 0.717) is 40.8 Å². The zero-order chi connectivity index (χ0) is 16.4. The first-order valence-corrected chi connectivity index (χ1v) is 7.51. The number of aliphatic hydroxyl groups is 1. The first-order chi connectivity index (χ1) is 11.1. The van der Waals surface area contributed by atoms with Crippen LogP contribution in [0, 0.1) is 0 Å². The number of fused-ring (bicyclic) bond motifs is 2. The number of benzene rings is 2. The van der Waals surface area contributed by atoms with Gasteiger partial charge in [0, 0.05) is 19.2 Å². The largest absolute Gasteiger partial charge is 0.497 e. The van der Waals surface area contributed by atoms with E-state index in [9.17, 15) is 9.90 Å². The third-order valence-electron chi connectivity index (χ3n) is 3.71. The standard InChI is InChI=1S/C18H19NO4/c1-11(20)9-19-10-12-3-6-16-15(7-12)18(21)14-5-4-13(22-2)8-17(14)23-16/h3-8,11,19-20H,9-10H2,1-2H3/t11-/m1/s1. The van der Waals surface area contributed by atoms with Crippen molar-refractivity contribution in [3.63, 3.8) is 0 Å². The number of rotatable bonds is 5. The Kier molecular flexibility index (Phi) is 4.32. The minimum absolute atomic E-state index is 0.0544. The van der Waals surface area contributed by atoms with Gasteiger partial charge in [-0.25, -0.2) is 0 Å². The van der Waals surface area contributed by atoms with Crippen molar-refractivity contribution >= 4 is 21.9 Å². The van der Waals surface area contributed by atoms with Crippen LogP contribution < -0.4 is 15.5 Å². The monoisotopic (exact) mass is 313 g/mol. The van der Waals surface area contributed by atoms with Crippen molar-refractivity contribution in [3.05, 3.63) is 52.2 Å². The highest BCUT2D eigenvalue weighted by Crippen LogP contribution is 2.23. The molecule has 0 aliphatic heterocycles. The van der Waals surface area contributed by atoms with Crippen LogP contribution in [-0.4, -0.2) is 24.9 Å². The third-order valence-corrected chi connectivity index (χ3v) is 3.71. The molecule has 0 unspecified atom stereocenters. The molecule has 0 bridgehead atoms. The van der Waals surface area contributed by atoms with Crippen molar-refractivity contribution in [2.24, 2.45) is 0 Å². The van der Waals surface area contributed by atoms with E-state index in [0.717, 1.165) is 5.56 Å². The predicted molar refractivity (Wildman–Crippen MR) is 89.9 cm³/mol. The zero-order valence-corrected chi connectivity index (χ0v) is 13.1. The minimum Gasteiger partial charge on any atom is -0.497 e. The summed E-state index contributed by atoms with van der Waals surface area (Å²) in [4.78, 5) is 12.7. The molecule has 3 aromatic rings. The Labute approximate surface area is 133 Å². The summed E-state index contributed by atoms with van der Waals surface area (Å²) in [6, 6.07) is 10.7. The molecule has 1 atom stereocenters. The summed E-state index contributed by atoms with van der Waals surface area (Å²) in [5, 5.41) is 13.5. The molecular formula is C18H19NO4. The predicted octanol–water partition coefficient (Wildman–Crippen LogP) is 2.43. The van der Waals surface area contributed by atoms with E-state index in [1.807, 2.05) is 12.1 Å². The highest BCUT2D eigenvalue weighted by molar-refractivity contribution is 5.90. The molecule has 0 amide bonds. The van der Waals surface area contributed by atoms with Gasteiger partial charge < -0.3 is 19.6 Å². The van der Waals surface area contributed by atoms with Crippen LogP contribution in [0.5, 0.6) is 5.75 Å². The zero-order valence-electron chi connectivity index (χ0n) is 13.1. The van der Waals surface area contributed by atoms with Crippen LogP contribution in [0.15, 0.2) is 45.6 Å². The van der Waals surface area contributed by atoms with Crippen molar-refractivity contribution in [1.29, 1.82) is 0 Å². The summed E-state index contributed by atoms with van der Waals surface area (Å²) in [7, 11) is 1.58. The fourth-order valence-electron chi connectivity index (χ4n) is 2.54. The Balaban J connectivity index is 2.03.